The standard InChI is InChI=1S/C16H18F2N2O4/c1-9-4-11(16(23)24)8-20(7-9)14(21)6-19-15(22)10-2-3-12(17)13(18)5-10/h2-3,5,9,11H,4,6-8H2,1H3,(H,19,22)(H,23,24). The second-order valence-corrected chi connectivity index (χ2v) is 5.99. The van der Waals surface area contributed by atoms with Crippen LogP contribution in [0.3, 0.4) is 0 Å². The molecule has 8 heteroatoms. The number of carbonyl (C=O) groups is 3. The molecule has 1 heterocycles. The van der Waals surface area contributed by atoms with Gasteiger partial charge in [-0.3, -0.25) is 14.4 Å². The van der Waals surface area contributed by atoms with E-state index in [0.717, 1.165) is 18.2 Å². The van der Waals surface area contributed by atoms with Crippen molar-refractivity contribution in [1.82, 2.24) is 10.2 Å². The van der Waals surface area contributed by atoms with Crippen molar-refractivity contribution in [2.75, 3.05) is 19.6 Å². The van der Waals surface area contributed by atoms with E-state index in [-0.39, 0.29) is 24.6 Å². The number of aliphatic carboxylic acids is 1. The molecule has 1 saturated heterocycles. The highest BCUT2D eigenvalue weighted by molar-refractivity contribution is 5.96. The number of carboxylic acids is 1. The first-order valence-electron chi connectivity index (χ1n) is 7.51. The molecule has 1 aliphatic heterocycles. The number of carbonyl (C=O) groups excluding carboxylic acids is 2. The number of likely N-dealkylation sites (tertiary alicyclic amines) is 1. The van der Waals surface area contributed by atoms with Crippen molar-refractivity contribution >= 4 is 17.8 Å². The second-order valence-electron chi connectivity index (χ2n) is 5.99. The molecule has 0 aromatic heterocycles. The molecular formula is C16H18F2N2O4. The van der Waals surface area contributed by atoms with Crippen LogP contribution in [0.25, 0.3) is 0 Å². The highest BCUT2D eigenvalue weighted by atomic mass is 19.2. The van der Waals surface area contributed by atoms with Crippen LogP contribution in [0.15, 0.2) is 18.2 Å². The lowest BCUT2D eigenvalue weighted by atomic mass is 9.90. The lowest BCUT2D eigenvalue weighted by molar-refractivity contribution is -0.146. The molecule has 1 fully saturated rings. The number of piperidine rings is 1. The van der Waals surface area contributed by atoms with Gasteiger partial charge in [0.25, 0.3) is 5.91 Å². The van der Waals surface area contributed by atoms with Gasteiger partial charge in [0.05, 0.1) is 12.5 Å². The van der Waals surface area contributed by atoms with Crippen molar-refractivity contribution in [1.29, 1.82) is 0 Å². The Balaban J connectivity index is 1.93. The van der Waals surface area contributed by atoms with Crippen LogP contribution in [0, 0.1) is 23.5 Å². The van der Waals surface area contributed by atoms with E-state index in [9.17, 15) is 23.2 Å². The van der Waals surface area contributed by atoms with Gasteiger partial charge in [0.15, 0.2) is 11.6 Å². The summed E-state index contributed by atoms with van der Waals surface area (Å²) in [5.74, 6) is -4.87. The average molecular weight is 340 g/mol. The molecule has 1 aromatic carbocycles. The van der Waals surface area contributed by atoms with E-state index in [1.165, 1.54) is 4.90 Å². The molecule has 0 radical (unpaired) electrons. The van der Waals surface area contributed by atoms with Crippen LogP contribution >= 0.6 is 0 Å². The topological polar surface area (TPSA) is 86.7 Å². The van der Waals surface area contributed by atoms with Gasteiger partial charge in [0.1, 0.15) is 0 Å². The average Bonchev–Trinajstić information content (AvgIpc) is 2.54. The van der Waals surface area contributed by atoms with E-state index in [2.05, 4.69) is 5.32 Å². The summed E-state index contributed by atoms with van der Waals surface area (Å²) in [5, 5.41) is 11.4. The normalized spacial score (nSPS) is 20.5. The lowest BCUT2D eigenvalue weighted by Gasteiger charge is -2.34. The summed E-state index contributed by atoms with van der Waals surface area (Å²) >= 11 is 0. The smallest absolute Gasteiger partial charge is 0.308 e. The minimum Gasteiger partial charge on any atom is -0.481 e. The van der Waals surface area contributed by atoms with Crippen LogP contribution in [0.5, 0.6) is 0 Å². The molecule has 2 atom stereocenters. The molecule has 1 aliphatic rings. The van der Waals surface area contributed by atoms with E-state index in [4.69, 9.17) is 5.11 Å². The Bertz CT molecular complexity index is 665. The van der Waals surface area contributed by atoms with Crippen LogP contribution in [0.4, 0.5) is 8.78 Å². The van der Waals surface area contributed by atoms with Crippen molar-refractivity contribution in [3.63, 3.8) is 0 Å². The minimum absolute atomic E-state index is 0.0469. The van der Waals surface area contributed by atoms with Gasteiger partial charge in [0, 0.05) is 18.7 Å². The van der Waals surface area contributed by atoms with Gasteiger partial charge in [-0.05, 0) is 30.5 Å². The van der Waals surface area contributed by atoms with Crippen LogP contribution in [0.1, 0.15) is 23.7 Å². The van der Waals surface area contributed by atoms with Gasteiger partial charge in [-0.15, -0.1) is 0 Å². The first kappa shape index (κ1) is 17.8. The van der Waals surface area contributed by atoms with Crippen molar-refractivity contribution in [3.05, 3.63) is 35.4 Å². The monoisotopic (exact) mass is 340 g/mol. The van der Waals surface area contributed by atoms with Crippen molar-refractivity contribution in [2.45, 2.75) is 13.3 Å². The third-order valence-corrected chi connectivity index (χ3v) is 3.94. The number of nitrogens with zero attached hydrogens (tertiary/aromatic N) is 1. The van der Waals surface area contributed by atoms with Gasteiger partial charge in [-0.25, -0.2) is 8.78 Å². The minimum atomic E-state index is -1.15. The van der Waals surface area contributed by atoms with Gasteiger partial charge in [-0.1, -0.05) is 6.92 Å². The second kappa shape index (κ2) is 7.37. The van der Waals surface area contributed by atoms with Gasteiger partial charge < -0.3 is 15.3 Å². The molecule has 0 bridgehead atoms. The number of benzene rings is 1. The highest BCUT2D eigenvalue weighted by Crippen LogP contribution is 2.21. The van der Waals surface area contributed by atoms with Crippen LogP contribution in [-0.2, 0) is 9.59 Å². The number of amides is 2. The van der Waals surface area contributed by atoms with Crippen LogP contribution in [0.2, 0.25) is 0 Å². The molecule has 2 unspecified atom stereocenters. The summed E-state index contributed by atoms with van der Waals surface area (Å²) in [7, 11) is 0. The summed E-state index contributed by atoms with van der Waals surface area (Å²) in [6.45, 7) is 2.04. The Hall–Kier alpha value is -2.51. The predicted octanol–water partition coefficient (Wildman–Crippen LogP) is 1.26. The third kappa shape index (κ3) is 4.27. The fourth-order valence-corrected chi connectivity index (χ4v) is 2.74. The summed E-state index contributed by atoms with van der Waals surface area (Å²) < 4.78 is 25.9. The van der Waals surface area contributed by atoms with E-state index in [1.54, 1.807) is 0 Å². The van der Waals surface area contributed by atoms with E-state index < -0.39 is 35.3 Å². The first-order chi connectivity index (χ1) is 11.3. The summed E-state index contributed by atoms with van der Waals surface area (Å²) in [6, 6.07) is 2.69. The van der Waals surface area contributed by atoms with Crippen LogP contribution in [-0.4, -0.2) is 47.4 Å². The quantitative estimate of drug-likeness (QED) is 0.864. The summed E-state index contributed by atoms with van der Waals surface area (Å²) in [5.41, 5.74) is -0.0999. The fraction of sp³-hybridized carbons (Fsp3) is 0.438. The zero-order chi connectivity index (χ0) is 17.9. The van der Waals surface area contributed by atoms with E-state index in [0.29, 0.717) is 13.0 Å². The predicted molar refractivity (Wildman–Crippen MR) is 80.2 cm³/mol. The van der Waals surface area contributed by atoms with Gasteiger partial charge in [0.2, 0.25) is 5.91 Å². The maximum Gasteiger partial charge on any atom is 0.308 e. The number of hydrogen-bond acceptors (Lipinski definition) is 3. The molecule has 2 amide bonds. The summed E-state index contributed by atoms with van der Waals surface area (Å²) in [6.07, 6.45) is 0.500. The Morgan fingerprint density at radius 2 is 1.96 bits per heavy atom. The van der Waals surface area contributed by atoms with E-state index in [1.807, 2.05) is 6.92 Å². The molecule has 130 valence electrons. The summed E-state index contributed by atoms with van der Waals surface area (Å²) in [4.78, 5) is 36.5. The van der Waals surface area contributed by atoms with E-state index >= 15 is 0 Å². The molecule has 24 heavy (non-hydrogen) atoms. The third-order valence-electron chi connectivity index (χ3n) is 3.94. The number of carboxylic acid groups (broad SMARTS) is 1. The molecule has 2 N–H and O–H groups in total. The van der Waals surface area contributed by atoms with Crippen molar-refractivity contribution in [2.24, 2.45) is 11.8 Å². The SMILES string of the molecule is CC1CC(C(=O)O)CN(C(=O)CNC(=O)c2ccc(F)c(F)c2)C1. The van der Waals surface area contributed by atoms with Gasteiger partial charge >= 0.3 is 5.97 Å². The first-order valence-corrected chi connectivity index (χ1v) is 7.51. The Labute approximate surface area is 137 Å². The Kier molecular flexibility index (Phi) is 5.48. The highest BCUT2D eigenvalue weighted by Gasteiger charge is 2.31. The zero-order valence-electron chi connectivity index (χ0n) is 13.1. The molecule has 0 aliphatic carbocycles. The number of halogens is 2. The molecule has 2 rings (SSSR count). The Morgan fingerprint density at radius 3 is 2.58 bits per heavy atom. The maximum absolute atomic E-state index is 13.1. The zero-order valence-corrected chi connectivity index (χ0v) is 13.1. The van der Waals surface area contributed by atoms with Crippen molar-refractivity contribution in [3.8, 4) is 0 Å². The van der Waals surface area contributed by atoms with Crippen molar-refractivity contribution < 1.29 is 28.3 Å². The molecule has 1 aromatic rings. The van der Waals surface area contributed by atoms with Crippen LogP contribution < -0.4 is 5.32 Å². The molecule has 6 nitrogen and oxygen atoms in total. The number of hydrogen-bond donors (Lipinski definition) is 2. The number of rotatable bonds is 4. The molecule has 0 spiro atoms. The lowest BCUT2D eigenvalue weighted by Crippen LogP contribution is -2.48. The largest absolute Gasteiger partial charge is 0.481 e. The maximum atomic E-state index is 13.1. The number of nitrogens with one attached hydrogen (secondary N) is 1. The molecule has 0 saturated carbocycles. The molecular weight excluding hydrogens is 322 g/mol. The fourth-order valence-electron chi connectivity index (χ4n) is 2.74. The Morgan fingerprint density at radius 1 is 1.25 bits per heavy atom. The van der Waals surface area contributed by atoms with Gasteiger partial charge in [-0.2, -0.15) is 0 Å².